The quantitative estimate of drug-likeness (QED) is 0.437. The second kappa shape index (κ2) is 6.38. The summed E-state index contributed by atoms with van der Waals surface area (Å²) in [4.78, 5) is 47.6. The highest BCUT2D eigenvalue weighted by Gasteiger charge is 2.43. The number of urea groups is 1. The molecule has 0 aromatic heterocycles. The summed E-state index contributed by atoms with van der Waals surface area (Å²) < 4.78 is 0. The number of primary amides is 1. The SMILES string of the molecule is NC(=O)C(CCC[C@@H]1SC[C@@H]2NC(=O)N[C@@H]21)N1C(=O)CCC1=O. The number of hydrogen-bond donors (Lipinski definition) is 3. The fourth-order valence-corrected chi connectivity index (χ4v) is 5.04. The zero-order chi connectivity index (χ0) is 16.6. The lowest BCUT2D eigenvalue weighted by atomic mass is 10.0. The van der Waals surface area contributed by atoms with Crippen LogP contribution in [0, 0.1) is 0 Å². The van der Waals surface area contributed by atoms with Crippen molar-refractivity contribution >= 4 is 35.5 Å². The largest absolute Gasteiger partial charge is 0.368 e. The molecule has 5 amide bonds. The Bertz CT molecular complexity index is 539. The summed E-state index contributed by atoms with van der Waals surface area (Å²) in [5.41, 5.74) is 5.38. The third kappa shape index (κ3) is 3.15. The Balaban J connectivity index is 1.54. The van der Waals surface area contributed by atoms with Gasteiger partial charge in [0.2, 0.25) is 17.7 Å². The van der Waals surface area contributed by atoms with E-state index in [1.54, 1.807) is 11.8 Å². The van der Waals surface area contributed by atoms with E-state index in [-0.39, 0.29) is 48.0 Å². The van der Waals surface area contributed by atoms with Crippen LogP contribution in [0.15, 0.2) is 0 Å². The number of hydrogen-bond acceptors (Lipinski definition) is 5. The highest BCUT2D eigenvalue weighted by Crippen LogP contribution is 2.33. The fourth-order valence-electron chi connectivity index (χ4n) is 3.50. The van der Waals surface area contributed by atoms with Gasteiger partial charge < -0.3 is 16.4 Å². The van der Waals surface area contributed by atoms with E-state index in [1.807, 2.05) is 0 Å². The van der Waals surface area contributed by atoms with Crippen LogP contribution in [0.25, 0.3) is 0 Å². The number of carbonyl (C=O) groups excluding carboxylic acids is 4. The van der Waals surface area contributed by atoms with Crippen LogP contribution in [0.3, 0.4) is 0 Å². The number of nitrogens with one attached hydrogen (secondary N) is 2. The van der Waals surface area contributed by atoms with Gasteiger partial charge in [-0.1, -0.05) is 0 Å². The molecule has 3 fully saturated rings. The zero-order valence-electron chi connectivity index (χ0n) is 12.6. The molecule has 0 spiro atoms. The number of likely N-dealkylation sites (tertiary alicyclic amines) is 1. The minimum absolute atomic E-state index is 0.106. The Morgan fingerprint density at radius 1 is 1.26 bits per heavy atom. The molecule has 3 heterocycles. The Morgan fingerprint density at radius 2 is 1.96 bits per heavy atom. The third-order valence-corrected chi connectivity index (χ3v) is 6.14. The Morgan fingerprint density at radius 3 is 2.61 bits per heavy atom. The number of fused-ring (bicyclic) bond motifs is 1. The lowest BCUT2D eigenvalue weighted by Crippen LogP contribution is -2.47. The summed E-state index contributed by atoms with van der Waals surface area (Å²) in [5, 5.41) is 6.07. The third-order valence-electron chi connectivity index (χ3n) is 4.63. The average Bonchev–Trinajstić information content (AvgIpc) is 3.12. The van der Waals surface area contributed by atoms with Crippen LogP contribution in [0.2, 0.25) is 0 Å². The van der Waals surface area contributed by atoms with Gasteiger partial charge in [0.1, 0.15) is 6.04 Å². The molecule has 4 N–H and O–H groups in total. The predicted molar refractivity (Wildman–Crippen MR) is 83.4 cm³/mol. The zero-order valence-corrected chi connectivity index (χ0v) is 13.4. The highest BCUT2D eigenvalue weighted by molar-refractivity contribution is 8.00. The molecule has 126 valence electrons. The van der Waals surface area contributed by atoms with Gasteiger partial charge >= 0.3 is 6.03 Å². The van der Waals surface area contributed by atoms with Gasteiger partial charge in [-0.25, -0.2) is 4.79 Å². The van der Waals surface area contributed by atoms with Crippen molar-refractivity contribution in [2.24, 2.45) is 5.73 Å². The number of thioether (sulfide) groups is 1. The summed E-state index contributed by atoms with van der Waals surface area (Å²) in [5.74, 6) is -0.403. The number of rotatable bonds is 6. The predicted octanol–water partition coefficient (Wildman–Crippen LogP) is -0.675. The normalized spacial score (nSPS) is 31.0. The summed E-state index contributed by atoms with van der Waals surface area (Å²) in [6.07, 6.45) is 2.16. The summed E-state index contributed by atoms with van der Waals surface area (Å²) in [7, 11) is 0. The molecule has 3 rings (SSSR count). The number of nitrogens with zero attached hydrogens (tertiary/aromatic N) is 1. The monoisotopic (exact) mass is 340 g/mol. The smallest absolute Gasteiger partial charge is 0.315 e. The van der Waals surface area contributed by atoms with Crippen LogP contribution in [-0.4, -0.2) is 57.8 Å². The first-order chi connectivity index (χ1) is 11.0. The lowest BCUT2D eigenvalue weighted by Gasteiger charge is -2.24. The molecule has 0 aromatic rings. The molecular weight excluding hydrogens is 320 g/mol. The molecule has 0 radical (unpaired) electrons. The van der Waals surface area contributed by atoms with E-state index in [9.17, 15) is 19.2 Å². The van der Waals surface area contributed by atoms with Crippen molar-refractivity contribution in [2.45, 2.75) is 55.5 Å². The second-order valence-electron chi connectivity index (χ2n) is 6.13. The summed E-state index contributed by atoms with van der Waals surface area (Å²) in [6, 6.07) is -0.717. The van der Waals surface area contributed by atoms with Crippen LogP contribution >= 0.6 is 11.8 Å². The number of nitrogens with two attached hydrogens (primary N) is 1. The molecule has 23 heavy (non-hydrogen) atoms. The maximum atomic E-state index is 11.8. The van der Waals surface area contributed by atoms with Gasteiger partial charge in [0.15, 0.2) is 0 Å². The maximum Gasteiger partial charge on any atom is 0.315 e. The van der Waals surface area contributed by atoms with Crippen molar-refractivity contribution in [3.8, 4) is 0 Å². The average molecular weight is 340 g/mol. The lowest BCUT2D eigenvalue weighted by molar-refractivity contribution is -0.146. The fraction of sp³-hybridized carbons (Fsp3) is 0.714. The van der Waals surface area contributed by atoms with Gasteiger partial charge in [-0.3, -0.25) is 19.3 Å². The molecule has 0 bridgehead atoms. The van der Waals surface area contributed by atoms with Crippen molar-refractivity contribution < 1.29 is 19.2 Å². The molecule has 3 aliphatic rings. The molecule has 4 atom stereocenters. The Labute approximate surface area is 137 Å². The van der Waals surface area contributed by atoms with Crippen molar-refractivity contribution in [3.05, 3.63) is 0 Å². The molecule has 0 aliphatic carbocycles. The number of amides is 5. The van der Waals surface area contributed by atoms with Crippen LogP contribution in [0.5, 0.6) is 0 Å². The van der Waals surface area contributed by atoms with E-state index in [2.05, 4.69) is 10.6 Å². The van der Waals surface area contributed by atoms with Gasteiger partial charge in [-0.2, -0.15) is 11.8 Å². The van der Waals surface area contributed by atoms with Crippen molar-refractivity contribution in [1.82, 2.24) is 15.5 Å². The second-order valence-corrected chi connectivity index (χ2v) is 7.40. The first-order valence-electron chi connectivity index (χ1n) is 7.80. The van der Waals surface area contributed by atoms with Gasteiger partial charge in [0.25, 0.3) is 0 Å². The van der Waals surface area contributed by atoms with Crippen LogP contribution in [0.4, 0.5) is 4.79 Å². The molecule has 8 nitrogen and oxygen atoms in total. The van der Waals surface area contributed by atoms with E-state index in [0.717, 1.165) is 17.1 Å². The van der Waals surface area contributed by atoms with E-state index in [4.69, 9.17) is 5.73 Å². The van der Waals surface area contributed by atoms with Gasteiger partial charge in [0, 0.05) is 23.8 Å². The first kappa shape index (κ1) is 16.1. The standard InChI is InChI=1S/C14H20N4O4S/c15-13(21)8(18-10(19)4-5-11(18)20)2-1-3-9-12-7(6-23-9)16-14(22)17-12/h7-9,12H,1-6H2,(H2,15,21)(H2,16,17,22)/t7-,8?,9-,12-/m0/s1. The minimum Gasteiger partial charge on any atom is -0.368 e. The van der Waals surface area contributed by atoms with Gasteiger partial charge in [-0.15, -0.1) is 0 Å². The molecular formula is C14H20N4O4S. The number of carbonyl (C=O) groups is 4. The molecule has 9 heteroatoms. The maximum absolute atomic E-state index is 11.8. The van der Waals surface area contributed by atoms with E-state index in [1.165, 1.54) is 0 Å². The summed E-state index contributed by atoms with van der Waals surface area (Å²) >= 11 is 1.79. The Hall–Kier alpha value is -1.77. The van der Waals surface area contributed by atoms with E-state index in [0.29, 0.717) is 12.8 Å². The van der Waals surface area contributed by atoms with Crippen LogP contribution in [-0.2, 0) is 14.4 Å². The van der Waals surface area contributed by atoms with Gasteiger partial charge in [-0.05, 0) is 19.3 Å². The van der Waals surface area contributed by atoms with Crippen LogP contribution in [0.1, 0.15) is 32.1 Å². The highest BCUT2D eigenvalue weighted by atomic mass is 32.2. The van der Waals surface area contributed by atoms with Crippen LogP contribution < -0.4 is 16.4 Å². The number of imide groups is 1. The Kier molecular flexibility index (Phi) is 4.47. The van der Waals surface area contributed by atoms with Gasteiger partial charge in [0.05, 0.1) is 12.1 Å². The minimum atomic E-state index is -0.851. The summed E-state index contributed by atoms with van der Waals surface area (Å²) in [6.45, 7) is 0. The molecule has 3 saturated heterocycles. The first-order valence-corrected chi connectivity index (χ1v) is 8.85. The van der Waals surface area contributed by atoms with E-state index < -0.39 is 11.9 Å². The van der Waals surface area contributed by atoms with Crippen molar-refractivity contribution in [3.63, 3.8) is 0 Å². The topological polar surface area (TPSA) is 122 Å². The molecule has 3 aliphatic heterocycles. The molecule has 1 unspecified atom stereocenters. The van der Waals surface area contributed by atoms with Crippen molar-refractivity contribution in [1.29, 1.82) is 0 Å². The van der Waals surface area contributed by atoms with Crippen molar-refractivity contribution in [2.75, 3.05) is 5.75 Å². The molecule has 0 aromatic carbocycles. The van der Waals surface area contributed by atoms with E-state index >= 15 is 0 Å². The molecule has 0 saturated carbocycles.